The molecule has 0 bridgehead atoms. The number of carbonyl (C=O) groups excluding carboxylic acids is 1. The number of hydrogen-bond donors (Lipinski definition) is 1. The van der Waals surface area contributed by atoms with Gasteiger partial charge in [0.05, 0.1) is 11.9 Å². The van der Waals surface area contributed by atoms with Crippen LogP contribution in [0.3, 0.4) is 0 Å². The Balaban J connectivity index is 1.29. The summed E-state index contributed by atoms with van der Waals surface area (Å²) >= 11 is 0. The SMILES string of the molecule is Cn1ccc(C(=O)N2CCC[C@H](c3nc4ccc(NCc5ccccc5)cn4n3)C2)n1. The van der Waals surface area contributed by atoms with Crippen molar-refractivity contribution in [2.45, 2.75) is 25.3 Å². The van der Waals surface area contributed by atoms with Crippen molar-refractivity contribution in [1.82, 2.24) is 29.3 Å². The summed E-state index contributed by atoms with van der Waals surface area (Å²) in [6.07, 6.45) is 5.67. The Morgan fingerprint density at radius 3 is 2.81 bits per heavy atom. The van der Waals surface area contributed by atoms with Crippen LogP contribution in [0.1, 0.15) is 40.6 Å². The van der Waals surface area contributed by atoms with Gasteiger partial charge in [0.1, 0.15) is 5.69 Å². The Morgan fingerprint density at radius 2 is 2.00 bits per heavy atom. The number of anilines is 1. The molecule has 1 saturated heterocycles. The minimum absolute atomic E-state index is 0.0264. The van der Waals surface area contributed by atoms with Crippen LogP contribution in [0.25, 0.3) is 5.65 Å². The molecule has 0 radical (unpaired) electrons. The fourth-order valence-electron chi connectivity index (χ4n) is 4.04. The molecule has 1 amide bonds. The van der Waals surface area contributed by atoms with Gasteiger partial charge in [-0.25, -0.2) is 9.50 Å². The van der Waals surface area contributed by atoms with Crippen LogP contribution in [-0.4, -0.2) is 48.3 Å². The van der Waals surface area contributed by atoms with E-state index in [1.807, 2.05) is 53.0 Å². The van der Waals surface area contributed by atoms with Crippen molar-refractivity contribution in [2.24, 2.45) is 7.05 Å². The lowest BCUT2D eigenvalue weighted by molar-refractivity contribution is 0.0698. The molecule has 31 heavy (non-hydrogen) atoms. The van der Waals surface area contributed by atoms with E-state index in [0.29, 0.717) is 12.2 Å². The normalized spacial score (nSPS) is 16.5. The molecule has 158 valence electrons. The fourth-order valence-corrected chi connectivity index (χ4v) is 4.04. The molecular formula is C23H25N7O. The third-order valence-electron chi connectivity index (χ3n) is 5.69. The van der Waals surface area contributed by atoms with E-state index in [-0.39, 0.29) is 11.8 Å². The molecule has 1 fully saturated rings. The average molecular weight is 416 g/mol. The lowest BCUT2D eigenvalue weighted by Crippen LogP contribution is -2.39. The van der Waals surface area contributed by atoms with E-state index in [0.717, 1.165) is 43.1 Å². The second-order valence-electron chi connectivity index (χ2n) is 7.99. The summed E-state index contributed by atoms with van der Waals surface area (Å²) in [5.74, 6) is 0.891. The largest absolute Gasteiger partial charge is 0.380 e. The van der Waals surface area contributed by atoms with Crippen LogP contribution in [0.4, 0.5) is 5.69 Å². The number of aromatic nitrogens is 5. The number of aryl methyl sites for hydroxylation is 1. The van der Waals surface area contributed by atoms with Gasteiger partial charge in [-0.2, -0.15) is 10.2 Å². The summed E-state index contributed by atoms with van der Waals surface area (Å²) in [4.78, 5) is 19.4. The van der Waals surface area contributed by atoms with E-state index in [4.69, 9.17) is 10.1 Å². The highest BCUT2D eigenvalue weighted by Crippen LogP contribution is 2.26. The van der Waals surface area contributed by atoms with Crippen LogP contribution in [0, 0.1) is 0 Å². The number of rotatable bonds is 5. The van der Waals surface area contributed by atoms with Crippen molar-refractivity contribution in [3.05, 3.63) is 78.0 Å². The number of nitrogens with one attached hydrogen (secondary N) is 1. The van der Waals surface area contributed by atoms with Crippen molar-refractivity contribution in [3.8, 4) is 0 Å². The zero-order valence-corrected chi connectivity index (χ0v) is 17.5. The van der Waals surface area contributed by atoms with Crippen LogP contribution in [0.2, 0.25) is 0 Å². The second kappa shape index (κ2) is 8.22. The molecule has 1 aliphatic heterocycles. The van der Waals surface area contributed by atoms with Gasteiger partial charge in [-0.05, 0) is 36.6 Å². The molecule has 1 aromatic carbocycles. The molecule has 1 N–H and O–H groups in total. The molecule has 5 rings (SSSR count). The maximum Gasteiger partial charge on any atom is 0.274 e. The topological polar surface area (TPSA) is 80.4 Å². The lowest BCUT2D eigenvalue weighted by Gasteiger charge is -2.30. The van der Waals surface area contributed by atoms with Crippen LogP contribution in [-0.2, 0) is 13.6 Å². The Kier molecular flexibility index (Phi) is 5.11. The molecule has 0 unspecified atom stereocenters. The minimum Gasteiger partial charge on any atom is -0.380 e. The summed E-state index contributed by atoms with van der Waals surface area (Å²) in [6, 6.07) is 16.0. The standard InChI is InChI=1S/C23H25N7O/c1-28-13-11-20(26-28)23(31)29-12-5-8-18(15-29)22-25-21-10-9-19(16-30(21)27-22)24-14-17-6-3-2-4-7-17/h2-4,6-7,9-11,13,16,18,24H,5,8,12,14-15H2,1H3/t18-/m0/s1. The average Bonchev–Trinajstić information content (AvgIpc) is 3.44. The predicted molar refractivity (Wildman–Crippen MR) is 118 cm³/mol. The molecule has 0 spiro atoms. The fraction of sp³-hybridized carbons (Fsp3) is 0.304. The van der Waals surface area contributed by atoms with Gasteiger partial charge >= 0.3 is 0 Å². The first-order valence-electron chi connectivity index (χ1n) is 10.6. The third kappa shape index (κ3) is 4.14. The van der Waals surface area contributed by atoms with Crippen molar-refractivity contribution < 1.29 is 4.79 Å². The summed E-state index contributed by atoms with van der Waals surface area (Å²) < 4.78 is 3.48. The summed E-state index contributed by atoms with van der Waals surface area (Å²) in [6.45, 7) is 2.11. The van der Waals surface area contributed by atoms with Crippen LogP contribution >= 0.6 is 0 Å². The van der Waals surface area contributed by atoms with Gasteiger partial charge in [-0.1, -0.05) is 30.3 Å². The van der Waals surface area contributed by atoms with Crippen molar-refractivity contribution in [2.75, 3.05) is 18.4 Å². The Morgan fingerprint density at radius 1 is 1.13 bits per heavy atom. The lowest BCUT2D eigenvalue weighted by atomic mass is 9.97. The molecular weight excluding hydrogens is 390 g/mol. The van der Waals surface area contributed by atoms with Gasteiger partial charge < -0.3 is 10.2 Å². The molecule has 1 aliphatic rings. The summed E-state index contributed by atoms with van der Waals surface area (Å²) in [7, 11) is 1.82. The van der Waals surface area contributed by atoms with Crippen LogP contribution in [0.5, 0.6) is 0 Å². The Labute approximate surface area is 180 Å². The highest BCUT2D eigenvalue weighted by atomic mass is 16.2. The number of pyridine rings is 1. The maximum absolute atomic E-state index is 12.8. The summed E-state index contributed by atoms with van der Waals surface area (Å²) in [5.41, 5.74) is 3.51. The molecule has 8 nitrogen and oxygen atoms in total. The monoisotopic (exact) mass is 415 g/mol. The molecule has 4 aromatic rings. The first kappa shape index (κ1) is 19.3. The molecule has 3 aromatic heterocycles. The van der Waals surface area contributed by atoms with E-state index in [1.165, 1.54) is 5.56 Å². The molecule has 4 heterocycles. The molecule has 8 heteroatoms. The van der Waals surface area contributed by atoms with E-state index in [1.54, 1.807) is 16.9 Å². The number of fused-ring (bicyclic) bond motifs is 1. The molecule has 1 atom stereocenters. The summed E-state index contributed by atoms with van der Waals surface area (Å²) in [5, 5.41) is 12.4. The number of hydrogen-bond acceptors (Lipinski definition) is 5. The van der Waals surface area contributed by atoms with Gasteiger partial charge in [0.25, 0.3) is 5.91 Å². The number of amides is 1. The van der Waals surface area contributed by atoms with Crippen molar-refractivity contribution in [3.63, 3.8) is 0 Å². The van der Waals surface area contributed by atoms with Crippen molar-refractivity contribution >= 4 is 17.2 Å². The van der Waals surface area contributed by atoms with Gasteiger partial charge in [0, 0.05) is 38.8 Å². The second-order valence-corrected chi connectivity index (χ2v) is 7.99. The van der Waals surface area contributed by atoms with Gasteiger partial charge in [0.2, 0.25) is 0 Å². The number of nitrogens with zero attached hydrogens (tertiary/aromatic N) is 6. The zero-order valence-electron chi connectivity index (χ0n) is 17.5. The quantitative estimate of drug-likeness (QED) is 0.542. The third-order valence-corrected chi connectivity index (χ3v) is 5.69. The number of carbonyl (C=O) groups is 1. The van der Waals surface area contributed by atoms with Crippen LogP contribution < -0.4 is 5.32 Å². The van der Waals surface area contributed by atoms with E-state index >= 15 is 0 Å². The molecule has 0 aliphatic carbocycles. The van der Waals surface area contributed by atoms with Gasteiger partial charge in [-0.3, -0.25) is 9.48 Å². The van der Waals surface area contributed by atoms with Crippen molar-refractivity contribution in [1.29, 1.82) is 0 Å². The Bertz CT molecular complexity index is 1200. The first-order valence-corrected chi connectivity index (χ1v) is 10.6. The number of piperidine rings is 1. The van der Waals surface area contributed by atoms with E-state index in [9.17, 15) is 4.79 Å². The highest BCUT2D eigenvalue weighted by molar-refractivity contribution is 5.92. The number of benzene rings is 1. The predicted octanol–water partition coefficient (Wildman–Crippen LogP) is 3.09. The Hall–Kier alpha value is -3.68. The van der Waals surface area contributed by atoms with Gasteiger partial charge in [0.15, 0.2) is 11.5 Å². The van der Waals surface area contributed by atoms with E-state index < -0.39 is 0 Å². The highest BCUT2D eigenvalue weighted by Gasteiger charge is 2.29. The maximum atomic E-state index is 12.8. The molecule has 0 saturated carbocycles. The van der Waals surface area contributed by atoms with Gasteiger partial charge in [-0.15, -0.1) is 0 Å². The number of likely N-dealkylation sites (tertiary alicyclic amines) is 1. The van der Waals surface area contributed by atoms with Crippen LogP contribution in [0.15, 0.2) is 60.9 Å². The van der Waals surface area contributed by atoms with E-state index in [2.05, 4.69) is 22.5 Å². The smallest absolute Gasteiger partial charge is 0.274 e. The minimum atomic E-state index is -0.0264. The first-order chi connectivity index (χ1) is 15.2. The zero-order chi connectivity index (χ0) is 21.2.